The third kappa shape index (κ3) is 4.87. The first-order valence-electron chi connectivity index (χ1n) is 7.73. The molecule has 7 heteroatoms. The number of para-hydroxylation sites is 1. The van der Waals surface area contributed by atoms with E-state index in [1.807, 2.05) is 12.1 Å². The number of carboxylic acid groups (broad SMARTS) is 1. The molecule has 0 bridgehead atoms. The minimum Gasteiger partial charge on any atom is -0.480 e. The van der Waals surface area contributed by atoms with E-state index in [9.17, 15) is 19.5 Å². The lowest BCUT2D eigenvalue weighted by Crippen LogP contribution is -2.40. The molecule has 0 saturated heterocycles. The van der Waals surface area contributed by atoms with Crippen molar-refractivity contribution in [2.45, 2.75) is 19.4 Å². The lowest BCUT2D eigenvalue weighted by Gasteiger charge is -2.13. The number of hydrogen-bond donors (Lipinski definition) is 2. The van der Waals surface area contributed by atoms with Crippen LogP contribution in [0.3, 0.4) is 0 Å². The van der Waals surface area contributed by atoms with Crippen molar-refractivity contribution in [3.05, 3.63) is 54.2 Å². The van der Waals surface area contributed by atoms with Gasteiger partial charge in [0.25, 0.3) is 5.91 Å². The van der Waals surface area contributed by atoms with E-state index in [-0.39, 0.29) is 13.0 Å². The van der Waals surface area contributed by atoms with Crippen molar-refractivity contribution >= 4 is 28.7 Å². The van der Waals surface area contributed by atoms with Crippen LogP contribution < -0.4 is 5.32 Å². The van der Waals surface area contributed by atoms with Crippen molar-refractivity contribution in [3.63, 3.8) is 0 Å². The number of aromatic nitrogens is 1. The van der Waals surface area contributed by atoms with E-state index < -0.39 is 23.9 Å². The average Bonchev–Trinajstić information content (AvgIpc) is 2.60. The van der Waals surface area contributed by atoms with Crippen LogP contribution in [0.15, 0.2) is 48.7 Å². The van der Waals surface area contributed by atoms with E-state index >= 15 is 0 Å². The molecule has 0 fully saturated rings. The zero-order chi connectivity index (χ0) is 18.2. The second-order valence-electron chi connectivity index (χ2n) is 5.14. The molecule has 0 aliphatic rings. The summed E-state index contributed by atoms with van der Waals surface area (Å²) in [6.07, 6.45) is 4.03. The predicted octanol–water partition coefficient (Wildman–Crippen LogP) is 1.93. The molecule has 0 aliphatic heterocycles. The number of esters is 1. The van der Waals surface area contributed by atoms with Crippen LogP contribution in [0, 0.1) is 0 Å². The minimum absolute atomic E-state index is 0.0436. The molecule has 0 radical (unpaired) electrons. The van der Waals surface area contributed by atoms with Crippen molar-refractivity contribution in [3.8, 4) is 0 Å². The lowest BCUT2D eigenvalue weighted by molar-refractivity contribution is -0.139. The van der Waals surface area contributed by atoms with Gasteiger partial charge in [-0.2, -0.15) is 0 Å². The van der Waals surface area contributed by atoms with Crippen molar-refractivity contribution in [2.24, 2.45) is 0 Å². The van der Waals surface area contributed by atoms with Crippen LogP contribution in [0.1, 0.15) is 23.7 Å². The zero-order valence-electron chi connectivity index (χ0n) is 13.6. The average molecular weight is 342 g/mol. The van der Waals surface area contributed by atoms with Crippen LogP contribution in [0.4, 0.5) is 0 Å². The highest BCUT2D eigenvalue weighted by Gasteiger charge is 2.21. The molecule has 7 nitrogen and oxygen atoms in total. The van der Waals surface area contributed by atoms with Gasteiger partial charge in [-0.1, -0.05) is 24.3 Å². The van der Waals surface area contributed by atoms with Gasteiger partial charge in [-0.05, 0) is 25.5 Å². The van der Waals surface area contributed by atoms with Gasteiger partial charge >= 0.3 is 11.9 Å². The minimum atomic E-state index is -1.20. The Hall–Kier alpha value is -3.22. The van der Waals surface area contributed by atoms with Crippen molar-refractivity contribution in [1.82, 2.24) is 10.3 Å². The number of carboxylic acids is 1. The van der Waals surface area contributed by atoms with Crippen LogP contribution in [0.2, 0.25) is 0 Å². The van der Waals surface area contributed by atoms with Gasteiger partial charge < -0.3 is 15.2 Å². The maximum atomic E-state index is 12.4. The number of nitrogens with zero attached hydrogens (tertiary/aromatic N) is 1. The molecule has 2 N–H and O–H groups in total. The molecule has 0 aliphatic carbocycles. The van der Waals surface area contributed by atoms with E-state index in [4.69, 9.17) is 4.74 Å². The van der Waals surface area contributed by atoms with E-state index in [0.29, 0.717) is 11.1 Å². The lowest BCUT2D eigenvalue weighted by atomic mass is 10.1. The number of carbonyl (C=O) groups is 3. The monoisotopic (exact) mass is 342 g/mol. The SMILES string of the molecule is CCOC(=O)/C=C/C[C@@H](NC(=O)c1cccc2cccnc12)C(=O)O. The fourth-order valence-corrected chi connectivity index (χ4v) is 2.24. The number of hydrogen-bond acceptors (Lipinski definition) is 5. The summed E-state index contributed by atoms with van der Waals surface area (Å²) in [6, 6.07) is 7.50. The first-order valence-corrected chi connectivity index (χ1v) is 7.73. The van der Waals surface area contributed by atoms with Crippen molar-refractivity contribution in [2.75, 3.05) is 6.61 Å². The highest BCUT2D eigenvalue weighted by molar-refractivity contribution is 6.06. The molecule has 130 valence electrons. The Labute approximate surface area is 144 Å². The second kappa shape index (κ2) is 8.58. The molecule has 0 saturated carbocycles. The first-order chi connectivity index (χ1) is 12.0. The normalized spacial score (nSPS) is 12.0. The fraction of sp³-hybridized carbons (Fsp3) is 0.222. The Morgan fingerprint density at radius 1 is 1.28 bits per heavy atom. The highest BCUT2D eigenvalue weighted by Crippen LogP contribution is 2.16. The summed E-state index contributed by atoms with van der Waals surface area (Å²) in [5, 5.41) is 12.5. The number of fused-ring (bicyclic) bond motifs is 1. The number of benzene rings is 1. The summed E-state index contributed by atoms with van der Waals surface area (Å²) in [7, 11) is 0. The molecule has 2 aromatic rings. The van der Waals surface area contributed by atoms with Gasteiger partial charge in [0.1, 0.15) is 6.04 Å². The Kier molecular flexibility index (Phi) is 6.22. The van der Waals surface area contributed by atoms with Gasteiger partial charge in [-0.3, -0.25) is 9.78 Å². The van der Waals surface area contributed by atoms with Crippen LogP contribution in [-0.2, 0) is 14.3 Å². The number of aliphatic carboxylic acids is 1. The summed E-state index contributed by atoms with van der Waals surface area (Å²) in [4.78, 5) is 39.2. The summed E-state index contributed by atoms with van der Waals surface area (Å²) in [5.74, 6) is -2.30. The molecule has 2 rings (SSSR count). The molecular formula is C18H18N2O5. The molecule has 1 aromatic carbocycles. The number of rotatable bonds is 7. The summed E-state index contributed by atoms with van der Waals surface area (Å²) >= 11 is 0. The molecule has 1 amide bonds. The van der Waals surface area contributed by atoms with Crippen molar-refractivity contribution < 1.29 is 24.2 Å². The van der Waals surface area contributed by atoms with Gasteiger partial charge in [0, 0.05) is 17.7 Å². The summed E-state index contributed by atoms with van der Waals surface area (Å²) in [6.45, 7) is 1.90. The van der Waals surface area contributed by atoms with Gasteiger partial charge in [0.15, 0.2) is 0 Å². The number of nitrogens with one attached hydrogen (secondary N) is 1. The van der Waals surface area contributed by atoms with Crippen molar-refractivity contribution in [1.29, 1.82) is 0 Å². The van der Waals surface area contributed by atoms with E-state index in [2.05, 4.69) is 10.3 Å². The summed E-state index contributed by atoms with van der Waals surface area (Å²) < 4.78 is 4.71. The van der Waals surface area contributed by atoms with Crippen LogP contribution in [-0.4, -0.2) is 40.6 Å². The van der Waals surface area contributed by atoms with E-state index in [1.165, 1.54) is 6.08 Å². The largest absolute Gasteiger partial charge is 0.480 e. The van der Waals surface area contributed by atoms with Gasteiger partial charge in [-0.15, -0.1) is 0 Å². The molecule has 1 heterocycles. The molecule has 25 heavy (non-hydrogen) atoms. The van der Waals surface area contributed by atoms with E-state index in [0.717, 1.165) is 11.5 Å². The Morgan fingerprint density at radius 3 is 2.76 bits per heavy atom. The molecule has 1 atom stereocenters. The maximum absolute atomic E-state index is 12.4. The zero-order valence-corrected chi connectivity index (χ0v) is 13.6. The Balaban J connectivity index is 2.12. The van der Waals surface area contributed by atoms with Crippen LogP contribution >= 0.6 is 0 Å². The van der Waals surface area contributed by atoms with E-state index in [1.54, 1.807) is 31.3 Å². The molecule has 1 aromatic heterocycles. The third-order valence-electron chi connectivity index (χ3n) is 3.39. The maximum Gasteiger partial charge on any atom is 0.330 e. The number of pyridine rings is 1. The van der Waals surface area contributed by atoms with Gasteiger partial charge in [0.05, 0.1) is 17.7 Å². The van der Waals surface area contributed by atoms with Crippen LogP contribution in [0.5, 0.6) is 0 Å². The molecule has 0 unspecified atom stereocenters. The predicted molar refractivity (Wildman–Crippen MR) is 91.0 cm³/mol. The number of carbonyl (C=O) groups excluding carboxylic acids is 2. The Bertz CT molecular complexity index is 811. The molecular weight excluding hydrogens is 324 g/mol. The Morgan fingerprint density at radius 2 is 2.04 bits per heavy atom. The third-order valence-corrected chi connectivity index (χ3v) is 3.39. The van der Waals surface area contributed by atoms with Crippen LogP contribution in [0.25, 0.3) is 10.9 Å². The standard InChI is InChI=1S/C18H18N2O5/c1-2-25-15(21)10-4-9-14(18(23)24)20-17(22)13-8-3-6-12-7-5-11-19-16(12)13/h3-8,10-11,14H,2,9H2,1H3,(H,20,22)(H,23,24)/b10-4+/t14-/m1/s1. The number of ether oxygens (including phenoxy) is 1. The first kappa shape index (κ1) is 18.1. The topological polar surface area (TPSA) is 106 Å². The summed E-state index contributed by atoms with van der Waals surface area (Å²) in [5.41, 5.74) is 0.785. The smallest absolute Gasteiger partial charge is 0.330 e. The highest BCUT2D eigenvalue weighted by atomic mass is 16.5. The van der Waals surface area contributed by atoms with Gasteiger partial charge in [0.2, 0.25) is 0 Å². The second-order valence-corrected chi connectivity index (χ2v) is 5.14. The quantitative estimate of drug-likeness (QED) is 0.588. The number of amides is 1. The van der Waals surface area contributed by atoms with Gasteiger partial charge in [-0.25, -0.2) is 9.59 Å². The fourth-order valence-electron chi connectivity index (χ4n) is 2.24. The molecule has 0 spiro atoms.